The topological polar surface area (TPSA) is 114 Å². The highest BCUT2D eigenvalue weighted by molar-refractivity contribution is 6.13. The van der Waals surface area contributed by atoms with Crippen molar-refractivity contribution in [1.82, 2.24) is 30.4 Å². The number of carbonyl (C=O) groups excluding carboxylic acids is 1. The summed E-state index contributed by atoms with van der Waals surface area (Å²) in [5, 5.41) is 15.3. The average Bonchev–Trinajstić information content (AvgIpc) is 3.42. The predicted molar refractivity (Wildman–Crippen MR) is 125 cm³/mol. The van der Waals surface area contributed by atoms with E-state index in [0.717, 1.165) is 52.6 Å². The first-order valence-electron chi connectivity index (χ1n) is 11.3. The van der Waals surface area contributed by atoms with Gasteiger partial charge >= 0.3 is 0 Å². The maximum atomic E-state index is 13.0. The van der Waals surface area contributed by atoms with Gasteiger partial charge in [0.1, 0.15) is 5.82 Å². The van der Waals surface area contributed by atoms with Crippen LogP contribution in [0.5, 0.6) is 0 Å². The Morgan fingerprint density at radius 2 is 2.06 bits per heavy atom. The quantitative estimate of drug-likeness (QED) is 0.390. The van der Waals surface area contributed by atoms with E-state index in [4.69, 9.17) is 10.7 Å². The summed E-state index contributed by atoms with van der Waals surface area (Å²) in [5.74, 6) is 1.32. The number of amides is 1. The number of aromatic nitrogens is 4. The maximum Gasteiger partial charge on any atom is 0.255 e. The van der Waals surface area contributed by atoms with E-state index in [-0.39, 0.29) is 5.91 Å². The first kappa shape index (κ1) is 19.3. The second-order valence-corrected chi connectivity index (χ2v) is 9.12. The Balaban J connectivity index is 1.74. The lowest BCUT2D eigenvalue weighted by Crippen LogP contribution is -2.43. The number of anilines is 1. The fourth-order valence-electron chi connectivity index (χ4n) is 5.06. The van der Waals surface area contributed by atoms with Crippen molar-refractivity contribution in [2.45, 2.75) is 32.1 Å². The first-order valence-corrected chi connectivity index (χ1v) is 11.3. The summed E-state index contributed by atoms with van der Waals surface area (Å²) >= 11 is 0. The number of hydrogen-bond donors (Lipinski definition) is 4. The molecule has 32 heavy (non-hydrogen) atoms. The number of aromatic amines is 1. The smallest absolute Gasteiger partial charge is 0.255 e. The van der Waals surface area contributed by atoms with Crippen LogP contribution in [0, 0.1) is 12.8 Å². The number of nitrogens with zero attached hydrogens (tertiary/aromatic N) is 3. The van der Waals surface area contributed by atoms with E-state index in [2.05, 4.69) is 38.4 Å². The van der Waals surface area contributed by atoms with Crippen LogP contribution in [0.3, 0.4) is 0 Å². The van der Waals surface area contributed by atoms with Crippen LogP contribution in [0.25, 0.3) is 27.5 Å². The Hall–Kier alpha value is -3.39. The third kappa shape index (κ3) is 2.75. The van der Waals surface area contributed by atoms with Gasteiger partial charge in [0.25, 0.3) is 5.91 Å². The molecule has 164 valence electrons. The number of nitrogens with one attached hydrogen (secondary N) is 3. The van der Waals surface area contributed by atoms with Crippen LogP contribution in [0.4, 0.5) is 5.82 Å². The van der Waals surface area contributed by atoms with E-state index in [1.165, 1.54) is 24.1 Å². The van der Waals surface area contributed by atoms with Crippen molar-refractivity contribution < 1.29 is 4.79 Å². The molecule has 6 rings (SSSR count). The molecule has 0 unspecified atom stereocenters. The zero-order chi connectivity index (χ0) is 22.0. The number of aryl methyl sites for hydroxylation is 1. The molecule has 1 saturated heterocycles. The highest BCUT2D eigenvalue weighted by Crippen LogP contribution is 2.45. The summed E-state index contributed by atoms with van der Waals surface area (Å²) in [4.78, 5) is 17.9. The second-order valence-electron chi connectivity index (χ2n) is 9.12. The number of rotatable bonds is 5. The zero-order valence-corrected chi connectivity index (χ0v) is 18.3. The summed E-state index contributed by atoms with van der Waals surface area (Å²) in [6, 6.07) is 4.10. The monoisotopic (exact) mass is 429 g/mol. The van der Waals surface area contributed by atoms with Gasteiger partial charge in [0.2, 0.25) is 0 Å². The molecule has 1 aliphatic carbocycles. The molecular formula is C24H27N7O. The predicted octanol–water partition coefficient (Wildman–Crippen LogP) is 2.79. The molecule has 1 saturated carbocycles. The Morgan fingerprint density at radius 3 is 2.75 bits per heavy atom. The molecule has 5 N–H and O–H groups in total. The van der Waals surface area contributed by atoms with Gasteiger partial charge in [-0.05, 0) is 62.4 Å². The van der Waals surface area contributed by atoms with Crippen molar-refractivity contribution in [3.05, 3.63) is 46.9 Å². The van der Waals surface area contributed by atoms with Crippen molar-refractivity contribution >= 4 is 33.5 Å². The van der Waals surface area contributed by atoms with Gasteiger partial charge in [0, 0.05) is 35.6 Å². The summed E-state index contributed by atoms with van der Waals surface area (Å²) in [7, 11) is 1.64. The third-order valence-corrected chi connectivity index (χ3v) is 6.97. The zero-order valence-electron chi connectivity index (χ0n) is 18.3. The molecule has 0 atom stereocenters. The molecular weight excluding hydrogens is 402 g/mol. The molecule has 2 aliphatic rings. The van der Waals surface area contributed by atoms with Gasteiger partial charge in [-0.2, -0.15) is 5.10 Å². The molecule has 1 aliphatic heterocycles. The van der Waals surface area contributed by atoms with E-state index < -0.39 is 0 Å². The van der Waals surface area contributed by atoms with Crippen LogP contribution in [0.1, 0.15) is 45.9 Å². The Labute approximate surface area is 185 Å². The Bertz CT molecular complexity index is 1370. The van der Waals surface area contributed by atoms with Crippen molar-refractivity contribution in [3.8, 4) is 5.69 Å². The Kier molecular flexibility index (Phi) is 4.26. The molecule has 2 fully saturated rings. The minimum Gasteiger partial charge on any atom is -0.384 e. The maximum absolute atomic E-state index is 13.0. The number of carbonyl (C=O) groups is 1. The molecule has 1 aromatic carbocycles. The number of pyridine rings is 1. The number of nitrogens with two attached hydrogens (primary N) is 1. The van der Waals surface area contributed by atoms with Crippen molar-refractivity contribution in [2.75, 3.05) is 25.9 Å². The molecule has 4 heterocycles. The van der Waals surface area contributed by atoms with E-state index in [9.17, 15) is 4.79 Å². The summed E-state index contributed by atoms with van der Waals surface area (Å²) in [6.07, 6.45) is 6.96. The fraction of sp³-hybridized carbons (Fsp3) is 0.375. The van der Waals surface area contributed by atoms with Gasteiger partial charge in [0.05, 0.1) is 28.5 Å². The average molecular weight is 430 g/mol. The lowest BCUT2D eigenvalue weighted by Gasteiger charge is -2.28. The van der Waals surface area contributed by atoms with Gasteiger partial charge in [0.15, 0.2) is 0 Å². The lowest BCUT2D eigenvalue weighted by molar-refractivity contribution is 0.0965. The number of fused-ring (bicyclic) bond motifs is 2. The number of hydrogen-bond acceptors (Lipinski definition) is 5. The van der Waals surface area contributed by atoms with E-state index >= 15 is 0 Å². The number of nitrogen functional groups attached to an aromatic ring is 1. The lowest BCUT2D eigenvalue weighted by atomic mass is 9.91. The van der Waals surface area contributed by atoms with Crippen LogP contribution < -0.4 is 16.4 Å². The van der Waals surface area contributed by atoms with Crippen molar-refractivity contribution in [1.29, 1.82) is 0 Å². The van der Waals surface area contributed by atoms with Crippen LogP contribution in [-0.4, -0.2) is 45.8 Å². The molecule has 4 aromatic rings. The van der Waals surface area contributed by atoms with Crippen LogP contribution in [0.15, 0.2) is 24.5 Å². The van der Waals surface area contributed by atoms with E-state index in [1.807, 2.05) is 18.5 Å². The van der Waals surface area contributed by atoms with Crippen LogP contribution in [0.2, 0.25) is 0 Å². The minimum absolute atomic E-state index is 0.194. The van der Waals surface area contributed by atoms with Crippen LogP contribution >= 0.6 is 0 Å². The third-order valence-electron chi connectivity index (χ3n) is 6.97. The SMILES string of the molecule is CNC(=O)c1c(N)n(-c2c(C)ccc3[nH]ncc23)c2c(CC3CNC3)c(C3CC3)ncc12. The van der Waals surface area contributed by atoms with Gasteiger partial charge in [-0.15, -0.1) is 0 Å². The molecule has 8 heteroatoms. The molecule has 0 spiro atoms. The number of H-pyrrole nitrogens is 1. The van der Waals surface area contributed by atoms with Gasteiger partial charge in [-0.25, -0.2) is 0 Å². The Morgan fingerprint density at radius 1 is 1.25 bits per heavy atom. The summed E-state index contributed by atoms with van der Waals surface area (Å²) in [5.41, 5.74) is 13.7. The molecule has 0 radical (unpaired) electrons. The summed E-state index contributed by atoms with van der Waals surface area (Å²) in [6.45, 7) is 4.09. The molecule has 1 amide bonds. The first-order chi connectivity index (χ1) is 15.6. The summed E-state index contributed by atoms with van der Waals surface area (Å²) < 4.78 is 2.09. The van der Waals surface area contributed by atoms with E-state index in [1.54, 1.807) is 7.05 Å². The second kappa shape index (κ2) is 7.06. The minimum atomic E-state index is -0.194. The van der Waals surface area contributed by atoms with Gasteiger partial charge in [-0.3, -0.25) is 19.4 Å². The molecule has 3 aromatic heterocycles. The number of benzene rings is 1. The molecule has 8 nitrogen and oxygen atoms in total. The van der Waals surface area contributed by atoms with Gasteiger partial charge in [-0.1, -0.05) is 6.07 Å². The molecule has 0 bridgehead atoms. The standard InChI is InChI=1S/C24H27N7O/c1-12-3-6-18-16(11-29-30-18)21(12)31-22-15(7-13-8-27-9-13)20(14-4-5-14)28-10-17(22)19(23(31)25)24(32)26-2/h3,6,10-11,13-14,27H,4-5,7-9,25H2,1-2H3,(H,26,32)(H,29,30). The normalized spacial score (nSPS) is 16.6. The highest BCUT2D eigenvalue weighted by atomic mass is 16.1. The van der Waals surface area contributed by atoms with Crippen molar-refractivity contribution in [2.24, 2.45) is 5.92 Å². The largest absolute Gasteiger partial charge is 0.384 e. The van der Waals surface area contributed by atoms with E-state index in [0.29, 0.717) is 23.2 Å². The van der Waals surface area contributed by atoms with Crippen LogP contribution in [-0.2, 0) is 6.42 Å². The van der Waals surface area contributed by atoms with Gasteiger partial charge < -0.3 is 16.4 Å². The highest BCUT2D eigenvalue weighted by Gasteiger charge is 2.34. The fourth-order valence-corrected chi connectivity index (χ4v) is 5.06. The van der Waals surface area contributed by atoms with Crippen molar-refractivity contribution in [3.63, 3.8) is 0 Å².